The predicted octanol–water partition coefficient (Wildman–Crippen LogP) is 11.2. The first-order chi connectivity index (χ1) is 20.8. The largest absolute Gasteiger partial charge is 0.263 e. The molecular weight excluding hydrogens is 506 g/mol. The standard InChI is InChI=1S/C41H27N/c1-3-11-28(12-4-1)34-25-35(27-42-26-34)32-20-19-31-24-33(22-21-30(31)23-32)41-38-17-9-7-15-36(38)40(29-13-5-2-6-14-29)37-16-8-10-18-39(37)41/h1-27H. The van der Waals surface area contributed by atoms with Gasteiger partial charge in [0.25, 0.3) is 0 Å². The molecule has 0 spiro atoms. The van der Waals surface area contributed by atoms with Crippen LogP contribution in [0, 0.1) is 0 Å². The number of aromatic nitrogens is 1. The fraction of sp³-hybridized carbons (Fsp3) is 0. The lowest BCUT2D eigenvalue weighted by atomic mass is 9.85. The van der Waals surface area contributed by atoms with E-state index < -0.39 is 0 Å². The van der Waals surface area contributed by atoms with Crippen molar-refractivity contribution in [1.29, 1.82) is 0 Å². The van der Waals surface area contributed by atoms with Gasteiger partial charge in [-0.2, -0.15) is 0 Å². The first kappa shape index (κ1) is 24.3. The number of nitrogens with zero attached hydrogens (tertiary/aromatic N) is 1. The fourth-order valence-electron chi connectivity index (χ4n) is 6.32. The molecule has 0 saturated heterocycles. The molecule has 0 aliphatic heterocycles. The Bertz CT molecular complexity index is 2170. The molecule has 0 fully saturated rings. The molecule has 0 radical (unpaired) electrons. The Morgan fingerprint density at radius 3 is 1.29 bits per heavy atom. The Kier molecular flexibility index (Phi) is 5.86. The molecule has 42 heavy (non-hydrogen) atoms. The van der Waals surface area contributed by atoms with Gasteiger partial charge in [-0.05, 0) is 83.9 Å². The first-order valence-corrected chi connectivity index (χ1v) is 14.4. The molecule has 7 aromatic carbocycles. The monoisotopic (exact) mass is 533 g/mol. The van der Waals surface area contributed by atoms with Crippen molar-refractivity contribution in [2.24, 2.45) is 0 Å². The van der Waals surface area contributed by atoms with Crippen molar-refractivity contribution in [2.45, 2.75) is 0 Å². The van der Waals surface area contributed by atoms with Crippen molar-refractivity contribution in [3.05, 3.63) is 164 Å². The molecule has 0 atom stereocenters. The summed E-state index contributed by atoms with van der Waals surface area (Å²) >= 11 is 0. The minimum Gasteiger partial charge on any atom is -0.263 e. The molecule has 1 nitrogen and oxygen atoms in total. The van der Waals surface area contributed by atoms with Crippen LogP contribution in [0.1, 0.15) is 0 Å². The maximum atomic E-state index is 4.56. The summed E-state index contributed by atoms with van der Waals surface area (Å²) in [6.45, 7) is 0. The van der Waals surface area contributed by atoms with Gasteiger partial charge in [0.15, 0.2) is 0 Å². The lowest BCUT2D eigenvalue weighted by Crippen LogP contribution is -1.91. The smallest absolute Gasteiger partial charge is 0.0346 e. The van der Waals surface area contributed by atoms with Crippen molar-refractivity contribution in [3.63, 3.8) is 0 Å². The van der Waals surface area contributed by atoms with E-state index in [2.05, 4.69) is 151 Å². The summed E-state index contributed by atoms with van der Waals surface area (Å²) in [4.78, 5) is 4.56. The number of pyridine rings is 1. The molecule has 8 aromatic rings. The van der Waals surface area contributed by atoms with Crippen LogP contribution in [-0.4, -0.2) is 4.98 Å². The average molecular weight is 534 g/mol. The van der Waals surface area contributed by atoms with E-state index in [4.69, 9.17) is 0 Å². The summed E-state index contributed by atoms with van der Waals surface area (Å²) in [6.07, 6.45) is 3.89. The van der Waals surface area contributed by atoms with Crippen LogP contribution in [0.25, 0.3) is 76.8 Å². The van der Waals surface area contributed by atoms with Crippen LogP contribution in [0.2, 0.25) is 0 Å². The van der Waals surface area contributed by atoms with E-state index in [1.54, 1.807) is 0 Å². The topological polar surface area (TPSA) is 12.9 Å². The van der Waals surface area contributed by atoms with Crippen LogP contribution in [0.3, 0.4) is 0 Å². The van der Waals surface area contributed by atoms with E-state index in [1.807, 2.05) is 18.5 Å². The highest BCUT2D eigenvalue weighted by Gasteiger charge is 2.16. The summed E-state index contributed by atoms with van der Waals surface area (Å²) in [7, 11) is 0. The Morgan fingerprint density at radius 2 is 0.714 bits per heavy atom. The highest BCUT2D eigenvalue weighted by molar-refractivity contribution is 6.21. The van der Waals surface area contributed by atoms with Crippen molar-refractivity contribution in [1.82, 2.24) is 4.98 Å². The molecule has 8 rings (SSSR count). The first-order valence-electron chi connectivity index (χ1n) is 14.4. The quantitative estimate of drug-likeness (QED) is 0.205. The lowest BCUT2D eigenvalue weighted by Gasteiger charge is -2.18. The molecule has 1 heterocycles. The van der Waals surface area contributed by atoms with Gasteiger partial charge in [0.2, 0.25) is 0 Å². The van der Waals surface area contributed by atoms with E-state index in [-0.39, 0.29) is 0 Å². The van der Waals surface area contributed by atoms with Gasteiger partial charge in [-0.15, -0.1) is 0 Å². The Balaban J connectivity index is 1.28. The second-order valence-electron chi connectivity index (χ2n) is 10.8. The Morgan fingerprint density at radius 1 is 0.286 bits per heavy atom. The molecule has 1 heteroatoms. The molecule has 0 N–H and O–H groups in total. The lowest BCUT2D eigenvalue weighted by molar-refractivity contribution is 1.33. The average Bonchev–Trinajstić information content (AvgIpc) is 3.07. The SMILES string of the molecule is c1ccc(-c2cncc(-c3ccc4cc(-c5c6ccccc6c(-c6ccccc6)c6ccccc56)ccc4c3)c2)cc1. The van der Waals surface area contributed by atoms with Crippen molar-refractivity contribution in [2.75, 3.05) is 0 Å². The maximum absolute atomic E-state index is 4.56. The van der Waals surface area contributed by atoms with Gasteiger partial charge in [0.05, 0.1) is 0 Å². The Labute approximate surface area is 245 Å². The minimum atomic E-state index is 1.12. The third kappa shape index (κ3) is 4.15. The van der Waals surface area contributed by atoms with E-state index in [0.717, 1.165) is 11.1 Å². The zero-order valence-electron chi connectivity index (χ0n) is 23.0. The summed E-state index contributed by atoms with van der Waals surface area (Å²) in [6, 6.07) is 54.7. The molecule has 1 aromatic heterocycles. The van der Waals surface area contributed by atoms with Crippen molar-refractivity contribution in [3.8, 4) is 44.5 Å². The van der Waals surface area contributed by atoms with Crippen LogP contribution >= 0.6 is 0 Å². The zero-order valence-corrected chi connectivity index (χ0v) is 23.0. The number of rotatable bonds is 4. The van der Waals surface area contributed by atoms with Crippen LogP contribution in [-0.2, 0) is 0 Å². The summed E-state index contributed by atoms with van der Waals surface area (Å²) < 4.78 is 0. The van der Waals surface area contributed by atoms with Gasteiger partial charge in [0.1, 0.15) is 0 Å². The van der Waals surface area contributed by atoms with E-state index in [1.165, 1.54) is 65.7 Å². The van der Waals surface area contributed by atoms with Crippen LogP contribution in [0.4, 0.5) is 0 Å². The number of hydrogen-bond donors (Lipinski definition) is 0. The molecule has 0 aliphatic carbocycles. The van der Waals surface area contributed by atoms with Crippen LogP contribution in [0.5, 0.6) is 0 Å². The molecule has 0 saturated carbocycles. The maximum Gasteiger partial charge on any atom is 0.0346 e. The van der Waals surface area contributed by atoms with Crippen molar-refractivity contribution >= 4 is 32.3 Å². The molecular formula is C41H27N. The highest BCUT2D eigenvalue weighted by Crippen LogP contribution is 2.44. The van der Waals surface area contributed by atoms with E-state index in [0.29, 0.717) is 0 Å². The number of fused-ring (bicyclic) bond motifs is 3. The van der Waals surface area contributed by atoms with Crippen LogP contribution in [0.15, 0.2) is 164 Å². The Hall–Kier alpha value is -5.53. The molecule has 0 bridgehead atoms. The second-order valence-corrected chi connectivity index (χ2v) is 10.8. The van der Waals surface area contributed by atoms with E-state index >= 15 is 0 Å². The predicted molar refractivity (Wildman–Crippen MR) is 178 cm³/mol. The molecule has 196 valence electrons. The summed E-state index contributed by atoms with van der Waals surface area (Å²) in [5.41, 5.74) is 9.65. The zero-order chi connectivity index (χ0) is 27.9. The molecule has 0 aliphatic rings. The second kappa shape index (κ2) is 10.1. The van der Waals surface area contributed by atoms with Crippen LogP contribution < -0.4 is 0 Å². The molecule has 0 unspecified atom stereocenters. The van der Waals surface area contributed by atoms with Crippen molar-refractivity contribution < 1.29 is 0 Å². The van der Waals surface area contributed by atoms with Gasteiger partial charge in [-0.25, -0.2) is 0 Å². The van der Waals surface area contributed by atoms with Gasteiger partial charge >= 0.3 is 0 Å². The molecule has 0 amide bonds. The minimum absolute atomic E-state index is 1.12. The number of hydrogen-bond acceptors (Lipinski definition) is 1. The van der Waals surface area contributed by atoms with Gasteiger partial charge in [0, 0.05) is 23.5 Å². The van der Waals surface area contributed by atoms with Gasteiger partial charge < -0.3 is 0 Å². The third-order valence-corrected chi connectivity index (χ3v) is 8.30. The number of benzene rings is 7. The summed E-state index contributed by atoms with van der Waals surface area (Å²) in [5, 5.41) is 7.54. The normalized spacial score (nSPS) is 11.3. The van der Waals surface area contributed by atoms with Gasteiger partial charge in [-0.3, -0.25) is 4.98 Å². The third-order valence-electron chi connectivity index (χ3n) is 8.30. The van der Waals surface area contributed by atoms with Gasteiger partial charge in [-0.1, -0.05) is 133 Å². The highest BCUT2D eigenvalue weighted by atomic mass is 14.6. The fourth-order valence-corrected chi connectivity index (χ4v) is 6.32. The van der Waals surface area contributed by atoms with E-state index in [9.17, 15) is 0 Å². The summed E-state index contributed by atoms with van der Waals surface area (Å²) in [5.74, 6) is 0.